The van der Waals surface area contributed by atoms with E-state index in [2.05, 4.69) is 24.7 Å². The lowest BCUT2D eigenvalue weighted by atomic mass is 9.89. The average molecular weight is 243 g/mol. The van der Waals surface area contributed by atoms with E-state index in [1.165, 1.54) is 6.07 Å². The highest BCUT2D eigenvalue weighted by Crippen LogP contribution is 2.26. The lowest BCUT2D eigenvalue weighted by molar-refractivity contribution is 0.433. The van der Waals surface area contributed by atoms with Crippen LogP contribution in [0.3, 0.4) is 0 Å². The predicted molar refractivity (Wildman–Crippen MR) is 63.8 cm³/mol. The minimum absolute atomic E-state index is 0.209. The lowest BCUT2D eigenvalue weighted by Crippen LogP contribution is -2.30. The van der Waals surface area contributed by atoms with Crippen molar-refractivity contribution in [3.63, 3.8) is 0 Å². The summed E-state index contributed by atoms with van der Waals surface area (Å²) in [4.78, 5) is 0. The van der Waals surface area contributed by atoms with Crippen LogP contribution in [0.25, 0.3) is 0 Å². The quantitative estimate of drug-likeness (QED) is 0.833. The minimum Gasteiger partial charge on any atom is -0.254 e. The van der Waals surface area contributed by atoms with Crippen LogP contribution in [0.5, 0.6) is 0 Å². The maximum Gasteiger partial charge on any atom is 0.127 e. The van der Waals surface area contributed by atoms with Crippen LogP contribution < -0.4 is 10.9 Å². The third-order valence-electron chi connectivity index (χ3n) is 3.32. The van der Waals surface area contributed by atoms with Gasteiger partial charge < -0.3 is 0 Å². The molecule has 0 radical (unpaired) electrons. The molecule has 0 saturated carbocycles. The molecule has 2 nitrogen and oxygen atoms in total. The Morgan fingerprint density at radius 1 is 1.25 bits per heavy atom. The highest BCUT2D eigenvalue weighted by molar-refractivity contribution is 6.31. The van der Waals surface area contributed by atoms with Gasteiger partial charge in [-0.15, -0.1) is 0 Å². The standard InChI is InChI=1S/C12H16ClFN2/c1-7-9(8(2)16-15-7)6-10-11(13)4-3-5-12(10)14/h3-5,7-9,15-16H,6H2,1-2H3. The molecule has 2 rings (SSSR count). The fourth-order valence-electron chi connectivity index (χ4n) is 2.23. The molecule has 1 aromatic carbocycles. The van der Waals surface area contributed by atoms with Crippen molar-refractivity contribution in [1.29, 1.82) is 0 Å². The predicted octanol–water partition coefficient (Wildman–Crippen LogP) is 2.52. The second kappa shape index (κ2) is 4.70. The van der Waals surface area contributed by atoms with Gasteiger partial charge in [-0.25, -0.2) is 4.39 Å². The molecular formula is C12H16ClFN2. The van der Waals surface area contributed by atoms with Gasteiger partial charge in [-0.1, -0.05) is 17.7 Å². The molecule has 1 heterocycles. The fourth-order valence-corrected chi connectivity index (χ4v) is 2.47. The maximum absolute atomic E-state index is 13.6. The van der Waals surface area contributed by atoms with Gasteiger partial charge in [0.1, 0.15) is 5.82 Å². The molecule has 1 saturated heterocycles. The number of hydrogen-bond acceptors (Lipinski definition) is 2. The zero-order valence-electron chi connectivity index (χ0n) is 9.43. The molecule has 1 aliphatic rings. The molecule has 0 spiro atoms. The fraction of sp³-hybridized carbons (Fsp3) is 0.500. The number of nitrogens with one attached hydrogen (secondary N) is 2. The third kappa shape index (κ3) is 2.21. The second-order valence-corrected chi connectivity index (χ2v) is 4.84. The van der Waals surface area contributed by atoms with Crippen LogP contribution in [0.15, 0.2) is 18.2 Å². The van der Waals surface area contributed by atoms with Crippen molar-refractivity contribution < 1.29 is 4.39 Å². The van der Waals surface area contributed by atoms with E-state index in [0.717, 1.165) is 0 Å². The lowest BCUT2D eigenvalue weighted by Gasteiger charge is -2.18. The van der Waals surface area contributed by atoms with Crippen molar-refractivity contribution in [2.75, 3.05) is 0 Å². The summed E-state index contributed by atoms with van der Waals surface area (Å²) >= 11 is 6.02. The third-order valence-corrected chi connectivity index (χ3v) is 3.68. The first-order chi connectivity index (χ1) is 7.59. The van der Waals surface area contributed by atoms with E-state index < -0.39 is 0 Å². The number of hydrazine groups is 1. The van der Waals surface area contributed by atoms with Crippen LogP contribution in [0.2, 0.25) is 5.02 Å². The van der Waals surface area contributed by atoms with Gasteiger partial charge in [0, 0.05) is 22.7 Å². The van der Waals surface area contributed by atoms with E-state index in [9.17, 15) is 4.39 Å². The summed E-state index contributed by atoms with van der Waals surface area (Å²) in [6, 6.07) is 5.49. The molecule has 1 aliphatic heterocycles. The molecule has 0 aliphatic carbocycles. The second-order valence-electron chi connectivity index (χ2n) is 4.43. The van der Waals surface area contributed by atoms with E-state index >= 15 is 0 Å². The molecule has 2 atom stereocenters. The Bertz CT molecular complexity index is 353. The summed E-state index contributed by atoms with van der Waals surface area (Å²) in [7, 11) is 0. The molecule has 2 unspecified atom stereocenters. The molecule has 1 aromatic rings. The maximum atomic E-state index is 13.6. The van der Waals surface area contributed by atoms with Gasteiger partial charge in [0.05, 0.1) is 0 Å². The van der Waals surface area contributed by atoms with Gasteiger partial charge in [-0.3, -0.25) is 10.9 Å². The van der Waals surface area contributed by atoms with Crippen LogP contribution in [-0.2, 0) is 6.42 Å². The van der Waals surface area contributed by atoms with Gasteiger partial charge in [-0.05, 0) is 38.3 Å². The Morgan fingerprint density at radius 2 is 1.88 bits per heavy atom. The van der Waals surface area contributed by atoms with Gasteiger partial charge in [0.15, 0.2) is 0 Å². The number of benzene rings is 1. The van der Waals surface area contributed by atoms with Gasteiger partial charge >= 0.3 is 0 Å². The van der Waals surface area contributed by atoms with Crippen LogP contribution in [-0.4, -0.2) is 12.1 Å². The van der Waals surface area contributed by atoms with E-state index in [0.29, 0.717) is 35.0 Å². The zero-order chi connectivity index (χ0) is 11.7. The summed E-state index contributed by atoms with van der Waals surface area (Å²) in [5.74, 6) is 0.146. The van der Waals surface area contributed by atoms with Crippen molar-refractivity contribution in [1.82, 2.24) is 10.9 Å². The Kier molecular flexibility index (Phi) is 3.47. The van der Waals surface area contributed by atoms with Crippen molar-refractivity contribution in [3.8, 4) is 0 Å². The number of halogens is 2. The zero-order valence-corrected chi connectivity index (χ0v) is 10.2. The molecule has 0 bridgehead atoms. The van der Waals surface area contributed by atoms with Crippen LogP contribution in [0.4, 0.5) is 4.39 Å². The molecule has 4 heteroatoms. The van der Waals surface area contributed by atoms with Gasteiger partial charge in [-0.2, -0.15) is 0 Å². The first-order valence-electron chi connectivity index (χ1n) is 5.53. The van der Waals surface area contributed by atoms with E-state index in [1.54, 1.807) is 12.1 Å². The summed E-state index contributed by atoms with van der Waals surface area (Å²) in [5, 5.41) is 0.520. The van der Waals surface area contributed by atoms with Gasteiger partial charge in [0.25, 0.3) is 0 Å². The van der Waals surface area contributed by atoms with Crippen LogP contribution in [0, 0.1) is 11.7 Å². The molecule has 2 N–H and O–H groups in total. The minimum atomic E-state index is -0.209. The Morgan fingerprint density at radius 3 is 2.44 bits per heavy atom. The topological polar surface area (TPSA) is 24.1 Å². The molecular weight excluding hydrogens is 227 g/mol. The van der Waals surface area contributed by atoms with Crippen molar-refractivity contribution in [3.05, 3.63) is 34.6 Å². The van der Waals surface area contributed by atoms with E-state index in [-0.39, 0.29) is 5.82 Å². The Labute approximate surface area is 100 Å². The smallest absolute Gasteiger partial charge is 0.127 e. The summed E-state index contributed by atoms with van der Waals surface area (Å²) in [6.45, 7) is 4.19. The Balaban J connectivity index is 2.20. The Hall–Kier alpha value is -0.640. The van der Waals surface area contributed by atoms with Crippen molar-refractivity contribution in [2.45, 2.75) is 32.4 Å². The normalized spacial score (nSPS) is 29.6. The number of hydrogen-bond donors (Lipinski definition) is 2. The largest absolute Gasteiger partial charge is 0.254 e. The van der Waals surface area contributed by atoms with Crippen molar-refractivity contribution in [2.24, 2.45) is 5.92 Å². The highest BCUT2D eigenvalue weighted by atomic mass is 35.5. The summed E-state index contributed by atoms with van der Waals surface area (Å²) in [6.07, 6.45) is 0.661. The van der Waals surface area contributed by atoms with E-state index in [4.69, 9.17) is 11.6 Å². The molecule has 0 aromatic heterocycles. The average Bonchev–Trinajstić information content (AvgIpc) is 2.54. The molecule has 88 valence electrons. The summed E-state index contributed by atoms with van der Waals surface area (Å²) < 4.78 is 13.6. The van der Waals surface area contributed by atoms with Crippen LogP contribution in [0.1, 0.15) is 19.4 Å². The number of rotatable bonds is 2. The molecule has 0 amide bonds. The van der Waals surface area contributed by atoms with Gasteiger partial charge in [0.2, 0.25) is 0 Å². The highest BCUT2D eigenvalue weighted by Gasteiger charge is 2.30. The summed E-state index contributed by atoms with van der Waals surface area (Å²) in [5.41, 5.74) is 6.95. The monoisotopic (exact) mass is 242 g/mol. The first-order valence-corrected chi connectivity index (χ1v) is 5.91. The SMILES string of the molecule is CC1NNC(C)C1Cc1c(F)cccc1Cl. The molecule has 16 heavy (non-hydrogen) atoms. The van der Waals surface area contributed by atoms with Crippen molar-refractivity contribution >= 4 is 11.6 Å². The molecule has 1 fully saturated rings. The van der Waals surface area contributed by atoms with E-state index in [1.807, 2.05) is 0 Å². The van der Waals surface area contributed by atoms with Crippen LogP contribution >= 0.6 is 11.6 Å². The first kappa shape index (κ1) is 11.8.